The van der Waals surface area contributed by atoms with E-state index in [4.69, 9.17) is 5.73 Å². The summed E-state index contributed by atoms with van der Waals surface area (Å²) in [5.41, 5.74) is 6.33. The zero-order valence-corrected chi connectivity index (χ0v) is 9.45. The van der Waals surface area contributed by atoms with Gasteiger partial charge >= 0.3 is 0 Å². The van der Waals surface area contributed by atoms with Gasteiger partial charge in [0.1, 0.15) is 6.54 Å². The maximum atomic E-state index is 11.4. The minimum atomic E-state index is -0.483. The standard InChI is InChI=1S/C10H18N4O/c1-4-13-9(15)6-14-7-12-5-8(14)10(2,3)11/h5,7H,4,6,11H2,1-3H3,(H,13,15). The Morgan fingerprint density at radius 2 is 2.33 bits per heavy atom. The topological polar surface area (TPSA) is 72.9 Å². The molecule has 0 aliphatic rings. The lowest BCUT2D eigenvalue weighted by molar-refractivity contribution is -0.121. The highest BCUT2D eigenvalue weighted by atomic mass is 16.1. The number of nitrogens with zero attached hydrogens (tertiary/aromatic N) is 2. The molecule has 0 saturated carbocycles. The summed E-state index contributed by atoms with van der Waals surface area (Å²) in [5.74, 6) is -0.0269. The summed E-state index contributed by atoms with van der Waals surface area (Å²) in [5, 5.41) is 2.73. The molecule has 0 saturated heterocycles. The number of amides is 1. The van der Waals surface area contributed by atoms with Crippen molar-refractivity contribution in [2.75, 3.05) is 6.54 Å². The number of nitrogens with one attached hydrogen (secondary N) is 1. The third-order valence-corrected chi connectivity index (χ3v) is 2.06. The van der Waals surface area contributed by atoms with Crippen LogP contribution in [-0.4, -0.2) is 22.0 Å². The fraction of sp³-hybridized carbons (Fsp3) is 0.600. The van der Waals surface area contributed by atoms with Crippen molar-refractivity contribution in [3.05, 3.63) is 18.2 Å². The highest BCUT2D eigenvalue weighted by Crippen LogP contribution is 2.15. The van der Waals surface area contributed by atoms with Gasteiger partial charge in [-0.3, -0.25) is 4.79 Å². The van der Waals surface area contributed by atoms with Crippen molar-refractivity contribution in [1.82, 2.24) is 14.9 Å². The SMILES string of the molecule is CCNC(=O)Cn1cncc1C(C)(C)N. The molecule has 0 unspecified atom stereocenters. The summed E-state index contributed by atoms with van der Waals surface area (Å²) in [6.07, 6.45) is 3.32. The van der Waals surface area contributed by atoms with Crippen LogP contribution in [0.5, 0.6) is 0 Å². The number of nitrogens with two attached hydrogens (primary N) is 1. The second-order valence-electron chi connectivity index (χ2n) is 4.08. The fourth-order valence-electron chi connectivity index (χ4n) is 1.39. The Labute approximate surface area is 89.7 Å². The smallest absolute Gasteiger partial charge is 0.239 e. The molecule has 5 nitrogen and oxygen atoms in total. The van der Waals surface area contributed by atoms with Crippen molar-refractivity contribution in [3.8, 4) is 0 Å². The second kappa shape index (κ2) is 4.44. The molecule has 84 valence electrons. The van der Waals surface area contributed by atoms with Crippen molar-refractivity contribution >= 4 is 5.91 Å². The van der Waals surface area contributed by atoms with E-state index in [1.165, 1.54) is 0 Å². The van der Waals surface area contributed by atoms with Gasteiger partial charge in [-0.25, -0.2) is 4.98 Å². The van der Waals surface area contributed by atoms with Gasteiger partial charge in [0.15, 0.2) is 0 Å². The largest absolute Gasteiger partial charge is 0.355 e. The highest BCUT2D eigenvalue weighted by molar-refractivity contribution is 5.75. The van der Waals surface area contributed by atoms with Crippen LogP contribution in [-0.2, 0) is 16.9 Å². The molecule has 0 atom stereocenters. The van der Waals surface area contributed by atoms with E-state index in [1.54, 1.807) is 17.1 Å². The molecule has 0 bridgehead atoms. The van der Waals surface area contributed by atoms with Gasteiger partial charge in [0.05, 0.1) is 17.6 Å². The normalized spacial score (nSPS) is 11.5. The lowest BCUT2D eigenvalue weighted by Gasteiger charge is -2.20. The lowest BCUT2D eigenvalue weighted by Crippen LogP contribution is -2.34. The first-order valence-corrected chi connectivity index (χ1v) is 5.01. The molecule has 1 heterocycles. The summed E-state index contributed by atoms with van der Waals surface area (Å²) in [4.78, 5) is 15.4. The zero-order valence-electron chi connectivity index (χ0n) is 9.45. The van der Waals surface area contributed by atoms with Gasteiger partial charge in [0, 0.05) is 12.7 Å². The number of carbonyl (C=O) groups excluding carboxylic acids is 1. The Morgan fingerprint density at radius 3 is 2.87 bits per heavy atom. The molecule has 0 spiro atoms. The van der Waals surface area contributed by atoms with Crippen LogP contribution in [0.15, 0.2) is 12.5 Å². The number of likely N-dealkylation sites (N-methyl/N-ethyl adjacent to an activating group) is 1. The molecule has 1 aromatic heterocycles. The summed E-state index contributed by atoms with van der Waals surface area (Å²) in [6.45, 7) is 6.56. The van der Waals surface area contributed by atoms with E-state index in [2.05, 4.69) is 10.3 Å². The Bertz CT molecular complexity index is 337. The van der Waals surface area contributed by atoms with Crippen LogP contribution < -0.4 is 11.1 Å². The number of hydrogen-bond donors (Lipinski definition) is 2. The van der Waals surface area contributed by atoms with Crippen LogP contribution in [0.4, 0.5) is 0 Å². The minimum absolute atomic E-state index is 0.0269. The summed E-state index contributed by atoms with van der Waals surface area (Å²) in [6, 6.07) is 0. The monoisotopic (exact) mass is 210 g/mol. The van der Waals surface area contributed by atoms with Crippen LogP contribution in [0, 0.1) is 0 Å². The van der Waals surface area contributed by atoms with Crippen LogP contribution in [0.3, 0.4) is 0 Å². The third kappa shape index (κ3) is 3.06. The van der Waals surface area contributed by atoms with E-state index in [-0.39, 0.29) is 12.5 Å². The van der Waals surface area contributed by atoms with Gasteiger partial charge in [-0.15, -0.1) is 0 Å². The molecule has 0 aliphatic carbocycles. The average molecular weight is 210 g/mol. The molecule has 0 aromatic carbocycles. The Morgan fingerprint density at radius 1 is 1.67 bits per heavy atom. The maximum Gasteiger partial charge on any atom is 0.239 e. The lowest BCUT2D eigenvalue weighted by atomic mass is 10.0. The van der Waals surface area contributed by atoms with Crippen molar-refractivity contribution in [2.24, 2.45) is 5.73 Å². The number of hydrogen-bond acceptors (Lipinski definition) is 3. The van der Waals surface area contributed by atoms with Gasteiger partial charge in [-0.05, 0) is 20.8 Å². The number of imidazole rings is 1. The van der Waals surface area contributed by atoms with Gasteiger partial charge in [0.2, 0.25) is 5.91 Å². The number of aromatic nitrogens is 2. The zero-order chi connectivity index (χ0) is 11.5. The molecule has 1 amide bonds. The number of rotatable bonds is 4. The van der Waals surface area contributed by atoms with Crippen LogP contribution in [0.25, 0.3) is 0 Å². The Balaban J connectivity index is 2.78. The van der Waals surface area contributed by atoms with Crippen LogP contribution in [0.2, 0.25) is 0 Å². The predicted octanol–water partition coefficient (Wildman–Crippen LogP) is 0.213. The quantitative estimate of drug-likeness (QED) is 0.746. The fourth-order valence-corrected chi connectivity index (χ4v) is 1.39. The van der Waals surface area contributed by atoms with Crippen molar-refractivity contribution in [2.45, 2.75) is 32.9 Å². The first kappa shape index (κ1) is 11.7. The first-order valence-electron chi connectivity index (χ1n) is 5.01. The molecule has 3 N–H and O–H groups in total. The van der Waals surface area contributed by atoms with Gasteiger partial charge < -0.3 is 15.6 Å². The van der Waals surface area contributed by atoms with Crippen LogP contribution >= 0.6 is 0 Å². The average Bonchev–Trinajstić information content (AvgIpc) is 2.51. The van der Waals surface area contributed by atoms with E-state index < -0.39 is 5.54 Å². The van der Waals surface area contributed by atoms with Gasteiger partial charge in [-0.1, -0.05) is 0 Å². The molecule has 0 radical (unpaired) electrons. The Hall–Kier alpha value is -1.36. The Kier molecular flexibility index (Phi) is 3.47. The number of carbonyl (C=O) groups is 1. The molecule has 0 aliphatic heterocycles. The molecule has 1 aromatic rings. The van der Waals surface area contributed by atoms with E-state index in [9.17, 15) is 4.79 Å². The predicted molar refractivity (Wildman–Crippen MR) is 58.1 cm³/mol. The molecule has 0 fully saturated rings. The highest BCUT2D eigenvalue weighted by Gasteiger charge is 2.19. The summed E-state index contributed by atoms with van der Waals surface area (Å²) < 4.78 is 1.77. The van der Waals surface area contributed by atoms with E-state index in [0.717, 1.165) is 5.69 Å². The van der Waals surface area contributed by atoms with Gasteiger partial charge in [-0.2, -0.15) is 0 Å². The van der Waals surface area contributed by atoms with Crippen LogP contribution in [0.1, 0.15) is 26.5 Å². The van der Waals surface area contributed by atoms with Crippen molar-refractivity contribution < 1.29 is 4.79 Å². The molecular weight excluding hydrogens is 192 g/mol. The summed E-state index contributed by atoms with van der Waals surface area (Å²) >= 11 is 0. The molecule has 15 heavy (non-hydrogen) atoms. The van der Waals surface area contributed by atoms with Crippen molar-refractivity contribution in [1.29, 1.82) is 0 Å². The maximum absolute atomic E-state index is 11.4. The van der Waals surface area contributed by atoms with Crippen molar-refractivity contribution in [3.63, 3.8) is 0 Å². The van der Waals surface area contributed by atoms with E-state index in [0.29, 0.717) is 6.54 Å². The minimum Gasteiger partial charge on any atom is -0.355 e. The van der Waals surface area contributed by atoms with E-state index in [1.807, 2.05) is 20.8 Å². The van der Waals surface area contributed by atoms with Gasteiger partial charge in [0.25, 0.3) is 0 Å². The first-order chi connectivity index (χ1) is 6.95. The van der Waals surface area contributed by atoms with E-state index >= 15 is 0 Å². The molecule has 5 heteroatoms. The molecular formula is C10H18N4O. The second-order valence-corrected chi connectivity index (χ2v) is 4.08. The third-order valence-electron chi connectivity index (χ3n) is 2.06. The molecule has 1 rings (SSSR count). The summed E-state index contributed by atoms with van der Waals surface area (Å²) in [7, 11) is 0.